The maximum atomic E-state index is 11.9. The summed E-state index contributed by atoms with van der Waals surface area (Å²) in [6.45, 7) is 0. The minimum absolute atomic E-state index is 0.0356. The zero-order valence-corrected chi connectivity index (χ0v) is 12.8. The van der Waals surface area contributed by atoms with Gasteiger partial charge >= 0.3 is 0 Å². The van der Waals surface area contributed by atoms with Gasteiger partial charge in [0.05, 0.1) is 18.3 Å². The van der Waals surface area contributed by atoms with Crippen molar-refractivity contribution in [3.8, 4) is 0 Å². The number of rotatable bonds is 4. The zero-order valence-electron chi connectivity index (χ0n) is 11.2. The molecule has 0 saturated carbocycles. The first-order chi connectivity index (χ1) is 9.86. The molecule has 2 rings (SSSR count). The second kappa shape index (κ2) is 6.24. The Kier molecular flexibility index (Phi) is 4.59. The maximum absolute atomic E-state index is 11.9. The van der Waals surface area contributed by atoms with E-state index in [0.717, 1.165) is 11.8 Å². The van der Waals surface area contributed by atoms with Gasteiger partial charge in [0.15, 0.2) is 14.9 Å². The van der Waals surface area contributed by atoms with E-state index in [1.54, 1.807) is 24.3 Å². The molecule has 1 amide bonds. The molecule has 0 unspecified atom stereocenters. The number of nitrogens with zero attached hydrogens (tertiary/aromatic N) is 1. The van der Waals surface area contributed by atoms with Crippen LogP contribution in [0.5, 0.6) is 0 Å². The van der Waals surface area contributed by atoms with Gasteiger partial charge in [0.1, 0.15) is 0 Å². The lowest BCUT2D eigenvalue weighted by Crippen LogP contribution is -2.15. The molecule has 0 fully saturated rings. The molecule has 0 spiro atoms. The van der Waals surface area contributed by atoms with Crippen LogP contribution in [0.3, 0.4) is 0 Å². The number of benzene rings is 1. The summed E-state index contributed by atoms with van der Waals surface area (Å²) in [6, 6.07) is 9.92. The van der Waals surface area contributed by atoms with Gasteiger partial charge in [0, 0.05) is 11.3 Å². The Hall–Kier alpha value is -1.92. The van der Waals surface area contributed by atoms with E-state index in [-0.39, 0.29) is 17.4 Å². The summed E-state index contributed by atoms with van der Waals surface area (Å²) in [7, 11) is -3.34. The highest BCUT2D eigenvalue weighted by Gasteiger charge is 2.10. The Morgan fingerprint density at radius 3 is 2.52 bits per heavy atom. The lowest BCUT2D eigenvalue weighted by Gasteiger charge is -2.06. The van der Waals surface area contributed by atoms with Crippen LogP contribution in [0.1, 0.15) is 5.56 Å². The molecular formula is C14H13ClN2O3S. The first-order valence-corrected chi connectivity index (χ1v) is 8.32. The monoisotopic (exact) mass is 324 g/mol. The number of carbonyl (C=O) groups is 1. The van der Waals surface area contributed by atoms with Gasteiger partial charge in [0.2, 0.25) is 5.91 Å². The standard InChI is InChI=1S/C14H13ClN2O3S/c1-21(19,20)14-7-6-11(9-16-14)17-13(18)8-10-4-2-3-5-12(10)15/h2-7,9H,8H2,1H3,(H,17,18). The lowest BCUT2D eigenvalue weighted by atomic mass is 10.1. The molecule has 0 aliphatic heterocycles. The third-order valence-electron chi connectivity index (χ3n) is 2.71. The van der Waals surface area contributed by atoms with E-state index in [0.29, 0.717) is 10.7 Å². The largest absolute Gasteiger partial charge is 0.324 e. The average molecular weight is 325 g/mol. The van der Waals surface area contributed by atoms with E-state index in [9.17, 15) is 13.2 Å². The van der Waals surface area contributed by atoms with Crippen molar-refractivity contribution in [3.05, 3.63) is 53.2 Å². The van der Waals surface area contributed by atoms with Gasteiger partial charge in [-0.3, -0.25) is 4.79 Å². The molecule has 1 heterocycles. The molecule has 0 saturated heterocycles. The first-order valence-electron chi connectivity index (χ1n) is 6.05. The van der Waals surface area contributed by atoms with Crippen molar-refractivity contribution in [2.45, 2.75) is 11.4 Å². The Morgan fingerprint density at radius 2 is 1.95 bits per heavy atom. The Labute approximate surface area is 127 Å². The van der Waals surface area contributed by atoms with E-state index in [1.807, 2.05) is 0 Å². The van der Waals surface area contributed by atoms with Gasteiger partial charge < -0.3 is 5.32 Å². The molecule has 1 aromatic carbocycles. The molecule has 1 aromatic heterocycles. The van der Waals surface area contributed by atoms with E-state index < -0.39 is 9.84 Å². The molecule has 0 atom stereocenters. The summed E-state index contributed by atoms with van der Waals surface area (Å²) in [5.41, 5.74) is 1.15. The van der Waals surface area contributed by atoms with Crippen molar-refractivity contribution >= 4 is 33.0 Å². The number of pyridine rings is 1. The topological polar surface area (TPSA) is 76.1 Å². The van der Waals surface area contributed by atoms with Gasteiger partial charge in [-0.1, -0.05) is 29.8 Å². The lowest BCUT2D eigenvalue weighted by molar-refractivity contribution is -0.115. The fourth-order valence-corrected chi connectivity index (χ4v) is 2.46. The molecule has 7 heteroatoms. The van der Waals surface area contributed by atoms with Crippen molar-refractivity contribution in [1.29, 1.82) is 0 Å². The fourth-order valence-electron chi connectivity index (χ4n) is 1.69. The molecule has 0 radical (unpaired) electrons. The molecule has 2 aromatic rings. The van der Waals surface area contributed by atoms with Crippen LogP contribution in [0, 0.1) is 0 Å². The second-order valence-corrected chi connectivity index (χ2v) is 6.84. The fraction of sp³-hybridized carbons (Fsp3) is 0.143. The quantitative estimate of drug-likeness (QED) is 0.936. The number of carbonyl (C=O) groups excluding carboxylic acids is 1. The number of halogens is 1. The number of sulfone groups is 1. The van der Waals surface area contributed by atoms with Gasteiger partial charge in [-0.15, -0.1) is 0 Å². The highest BCUT2D eigenvalue weighted by Crippen LogP contribution is 2.16. The number of nitrogens with one attached hydrogen (secondary N) is 1. The highest BCUT2D eigenvalue weighted by molar-refractivity contribution is 7.90. The molecule has 5 nitrogen and oxygen atoms in total. The number of anilines is 1. The van der Waals surface area contributed by atoms with Crippen molar-refractivity contribution in [2.24, 2.45) is 0 Å². The normalized spacial score (nSPS) is 11.1. The van der Waals surface area contributed by atoms with Gasteiger partial charge in [-0.05, 0) is 23.8 Å². The molecule has 110 valence electrons. The van der Waals surface area contributed by atoms with Gasteiger partial charge in [-0.25, -0.2) is 13.4 Å². The van der Waals surface area contributed by atoms with E-state index in [4.69, 9.17) is 11.6 Å². The minimum Gasteiger partial charge on any atom is -0.324 e. The van der Waals surface area contributed by atoms with Crippen LogP contribution in [0.25, 0.3) is 0 Å². The van der Waals surface area contributed by atoms with Gasteiger partial charge in [0.25, 0.3) is 0 Å². The summed E-state index contributed by atoms with van der Waals surface area (Å²) >= 11 is 5.98. The minimum atomic E-state index is -3.34. The summed E-state index contributed by atoms with van der Waals surface area (Å²) < 4.78 is 22.6. The molecule has 21 heavy (non-hydrogen) atoms. The SMILES string of the molecule is CS(=O)(=O)c1ccc(NC(=O)Cc2ccccc2Cl)cn1. The Balaban J connectivity index is 2.05. The van der Waals surface area contributed by atoms with Gasteiger partial charge in [-0.2, -0.15) is 0 Å². The average Bonchev–Trinajstić information content (AvgIpc) is 2.41. The van der Waals surface area contributed by atoms with E-state index in [2.05, 4.69) is 10.3 Å². The summed E-state index contributed by atoms with van der Waals surface area (Å²) in [4.78, 5) is 15.7. The molecule has 1 N–H and O–H groups in total. The molecule has 0 aliphatic rings. The van der Waals surface area contributed by atoms with Crippen molar-refractivity contribution < 1.29 is 13.2 Å². The summed E-state index contributed by atoms with van der Waals surface area (Å²) in [6.07, 6.45) is 2.51. The number of hydrogen-bond acceptors (Lipinski definition) is 4. The molecular weight excluding hydrogens is 312 g/mol. The zero-order chi connectivity index (χ0) is 15.5. The Bertz CT molecular complexity index is 758. The highest BCUT2D eigenvalue weighted by atomic mass is 35.5. The van der Waals surface area contributed by atoms with Crippen molar-refractivity contribution in [3.63, 3.8) is 0 Å². The van der Waals surface area contributed by atoms with E-state index in [1.165, 1.54) is 18.3 Å². The number of amides is 1. The van der Waals surface area contributed by atoms with Crippen LogP contribution in [0.15, 0.2) is 47.6 Å². The van der Waals surface area contributed by atoms with Crippen LogP contribution in [-0.4, -0.2) is 25.6 Å². The van der Waals surface area contributed by atoms with E-state index >= 15 is 0 Å². The smallest absolute Gasteiger partial charge is 0.228 e. The van der Waals surface area contributed by atoms with Crippen LogP contribution < -0.4 is 5.32 Å². The van der Waals surface area contributed by atoms with Crippen LogP contribution in [0.2, 0.25) is 5.02 Å². The third kappa shape index (κ3) is 4.27. The Morgan fingerprint density at radius 1 is 1.24 bits per heavy atom. The summed E-state index contributed by atoms with van der Waals surface area (Å²) in [5, 5.41) is 3.13. The third-order valence-corrected chi connectivity index (χ3v) is 4.08. The molecule has 0 aliphatic carbocycles. The molecule has 0 bridgehead atoms. The van der Waals surface area contributed by atoms with Crippen molar-refractivity contribution in [2.75, 3.05) is 11.6 Å². The number of aromatic nitrogens is 1. The first kappa shape index (κ1) is 15.5. The maximum Gasteiger partial charge on any atom is 0.228 e. The second-order valence-electron chi connectivity index (χ2n) is 4.47. The van der Waals surface area contributed by atoms with Crippen LogP contribution in [0.4, 0.5) is 5.69 Å². The number of hydrogen-bond donors (Lipinski definition) is 1. The predicted molar refractivity (Wildman–Crippen MR) is 81.1 cm³/mol. The van der Waals surface area contributed by atoms with Crippen molar-refractivity contribution in [1.82, 2.24) is 4.98 Å². The predicted octanol–water partition coefficient (Wildman–Crippen LogP) is 2.32. The summed E-state index contributed by atoms with van der Waals surface area (Å²) in [5.74, 6) is -0.253. The van der Waals surface area contributed by atoms with Crippen LogP contribution in [-0.2, 0) is 21.1 Å². The van der Waals surface area contributed by atoms with Crippen LogP contribution >= 0.6 is 11.6 Å².